The minimum absolute atomic E-state index is 0.0607. The number of hydrogen-bond donors (Lipinski definition) is 0. The molecule has 0 N–H and O–H groups in total. The van der Waals surface area contributed by atoms with Gasteiger partial charge in [-0.25, -0.2) is 0 Å². The van der Waals surface area contributed by atoms with Gasteiger partial charge in [0.25, 0.3) is 0 Å². The number of nitrogens with zero attached hydrogens (tertiary/aromatic N) is 4. The van der Waals surface area contributed by atoms with E-state index in [9.17, 15) is 0 Å². The van der Waals surface area contributed by atoms with Crippen LogP contribution in [0.4, 0.5) is 0 Å². The number of hydrogen-bond acceptors (Lipinski definition) is 3. The van der Waals surface area contributed by atoms with E-state index in [1.165, 1.54) is 0 Å². The van der Waals surface area contributed by atoms with Crippen LogP contribution in [-0.4, -0.2) is 24.9 Å². The average molecular weight is 144 g/mol. The second-order valence-electron chi connectivity index (χ2n) is 2.13. The van der Waals surface area contributed by atoms with Crippen LogP contribution in [0, 0.1) is 0 Å². The molecule has 0 aromatic heterocycles. The van der Waals surface area contributed by atoms with Gasteiger partial charge in [-0.05, 0) is 19.4 Å². The van der Waals surface area contributed by atoms with E-state index in [0.717, 1.165) is 0 Å². The standard InChI is InChI=1S/C5H12N4O/c1-5(2)9(3)10-4-7-8-6/h5H,4H2,1-3H3. The third-order valence-electron chi connectivity index (χ3n) is 1.11. The summed E-state index contributed by atoms with van der Waals surface area (Å²) in [7, 11) is 1.79. The largest absolute Gasteiger partial charge is 0.293 e. The molecule has 0 rings (SSSR count). The minimum atomic E-state index is 0.0607. The molecule has 0 aliphatic carbocycles. The number of rotatable bonds is 4. The normalized spacial score (nSPS) is 10.1. The van der Waals surface area contributed by atoms with Gasteiger partial charge in [0.2, 0.25) is 0 Å². The van der Waals surface area contributed by atoms with Crippen LogP contribution in [0.2, 0.25) is 0 Å². The van der Waals surface area contributed by atoms with Gasteiger partial charge in [-0.1, -0.05) is 5.11 Å². The molecule has 0 unspecified atom stereocenters. The van der Waals surface area contributed by atoms with E-state index < -0.39 is 0 Å². The SMILES string of the molecule is CC(C)N(C)OCN=[N+]=[N-]. The second kappa shape index (κ2) is 5.05. The lowest BCUT2D eigenvalue weighted by Crippen LogP contribution is -2.26. The van der Waals surface area contributed by atoms with Crippen molar-refractivity contribution in [2.24, 2.45) is 5.11 Å². The molecular formula is C5H12N4O. The molecule has 0 bridgehead atoms. The molecule has 0 aliphatic rings. The van der Waals surface area contributed by atoms with Gasteiger partial charge in [0.1, 0.15) is 6.73 Å². The van der Waals surface area contributed by atoms with E-state index in [1.807, 2.05) is 13.8 Å². The Morgan fingerprint density at radius 1 is 1.70 bits per heavy atom. The Balaban J connectivity index is 3.39. The van der Waals surface area contributed by atoms with Gasteiger partial charge in [-0.2, -0.15) is 5.06 Å². The van der Waals surface area contributed by atoms with E-state index in [1.54, 1.807) is 12.1 Å². The smallest absolute Gasteiger partial charge is 0.147 e. The Labute approximate surface area is 60.2 Å². The molecule has 5 heteroatoms. The summed E-state index contributed by atoms with van der Waals surface area (Å²) < 4.78 is 0. The van der Waals surface area contributed by atoms with E-state index >= 15 is 0 Å². The van der Waals surface area contributed by atoms with Crippen molar-refractivity contribution >= 4 is 0 Å². The van der Waals surface area contributed by atoms with Gasteiger partial charge in [0, 0.05) is 18.0 Å². The Kier molecular flexibility index (Phi) is 4.66. The topological polar surface area (TPSA) is 61.2 Å². The zero-order valence-corrected chi connectivity index (χ0v) is 6.48. The fourth-order valence-corrected chi connectivity index (χ4v) is 0.292. The summed E-state index contributed by atoms with van der Waals surface area (Å²) in [6, 6.07) is 0.300. The van der Waals surface area contributed by atoms with E-state index in [0.29, 0.717) is 6.04 Å². The fourth-order valence-electron chi connectivity index (χ4n) is 0.292. The summed E-state index contributed by atoms with van der Waals surface area (Å²) >= 11 is 0. The maximum absolute atomic E-state index is 7.88. The average Bonchev–Trinajstić information content (AvgIpc) is 1.88. The summed E-state index contributed by atoms with van der Waals surface area (Å²) in [5, 5.41) is 4.84. The predicted octanol–water partition coefficient (Wildman–Crippen LogP) is 1.53. The third-order valence-corrected chi connectivity index (χ3v) is 1.11. The highest BCUT2D eigenvalue weighted by Gasteiger charge is 2.00. The van der Waals surface area contributed by atoms with E-state index in [2.05, 4.69) is 10.0 Å². The van der Waals surface area contributed by atoms with Crippen molar-refractivity contribution in [2.45, 2.75) is 19.9 Å². The fraction of sp³-hybridized carbons (Fsp3) is 1.00. The molecule has 0 heterocycles. The van der Waals surface area contributed by atoms with Crippen LogP contribution < -0.4 is 0 Å². The molecule has 0 saturated carbocycles. The highest BCUT2D eigenvalue weighted by atomic mass is 16.7. The van der Waals surface area contributed by atoms with Gasteiger partial charge >= 0.3 is 0 Å². The Morgan fingerprint density at radius 3 is 2.70 bits per heavy atom. The number of hydroxylamine groups is 2. The van der Waals surface area contributed by atoms with Crippen molar-refractivity contribution in [3.63, 3.8) is 0 Å². The first kappa shape index (κ1) is 9.23. The monoisotopic (exact) mass is 144 g/mol. The van der Waals surface area contributed by atoms with Gasteiger partial charge in [0.05, 0.1) is 0 Å². The molecule has 10 heavy (non-hydrogen) atoms. The predicted molar refractivity (Wildman–Crippen MR) is 38.0 cm³/mol. The molecular weight excluding hydrogens is 132 g/mol. The summed E-state index contributed by atoms with van der Waals surface area (Å²) in [5.41, 5.74) is 7.88. The first-order chi connectivity index (χ1) is 4.68. The molecule has 0 aromatic carbocycles. The molecule has 5 nitrogen and oxygen atoms in total. The summed E-state index contributed by atoms with van der Waals surface area (Å²) in [6.45, 7) is 4.03. The van der Waals surface area contributed by atoms with Crippen molar-refractivity contribution in [3.8, 4) is 0 Å². The third kappa shape index (κ3) is 4.14. The van der Waals surface area contributed by atoms with Crippen molar-refractivity contribution < 1.29 is 4.84 Å². The molecule has 0 atom stereocenters. The highest BCUT2D eigenvalue weighted by Crippen LogP contribution is 1.93. The van der Waals surface area contributed by atoms with Crippen molar-refractivity contribution in [3.05, 3.63) is 10.4 Å². The molecule has 0 fully saturated rings. The summed E-state index contributed by atoms with van der Waals surface area (Å²) in [6.07, 6.45) is 0. The van der Waals surface area contributed by atoms with Crippen LogP contribution >= 0.6 is 0 Å². The quantitative estimate of drug-likeness (QED) is 0.260. The van der Waals surface area contributed by atoms with Crippen LogP contribution in [0.3, 0.4) is 0 Å². The van der Waals surface area contributed by atoms with Crippen molar-refractivity contribution in [1.29, 1.82) is 0 Å². The Bertz CT molecular complexity index is 130. The van der Waals surface area contributed by atoms with Crippen LogP contribution in [0.1, 0.15) is 13.8 Å². The van der Waals surface area contributed by atoms with E-state index in [-0.39, 0.29) is 6.73 Å². The van der Waals surface area contributed by atoms with E-state index in [4.69, 9.17) is 10.4 Å². The van der Waals surface area contributed by atoms with Crippen molar-refractivity contribution in [1.82, 2.24) is 5.06 Å². The summed E-state index contributed by atoms with van der Waals surface area (Å²) in [5.74, 6) is 0. The lowest BCUT2D eigenvalue weighted by Gasteiger charge is -2.18. The zero-order chi connectivity index (χ0) is 7.98. The summed E-state index contributed by atoms with van der Waals surface area (Å²) in [4.78, 5) is 7.50. The van der Waals surface area contributed by atoms with Gasteiger partial charge in [-0.15, -0.1) is 0 Å². The molecule has 0 aliphatic heterocycles. The zero-order valence-electron chi connectivity index (χ0n) is 6.48. The van der Waals surface area contributed by atoms with Gasteiger partial charge < -0.3 is 0 Å². The van der Waals surface area contributed by atoms with Gasteiger partial charge in [0.15, 0.2) is 0 Å². The Hall–Kier alpha value is -0.770. The lowest BCUT2D eigenvalue weighted by atomic mass is 10.4. The molecule has 0 spiro atoms. The first-order valence-corrected chi connectivity index (χ1v) is 3.05. The maximum Gasteiger partial charge on any atom is 0.147 e. The van der Waals surface area contributed by atoms with Crippen LogP contribution in [0.15, 0.2) is 5.11 Å². The highest BCUT2D eigenvalue weighted by molar-refractivity contribution is 4.43. The minimum Gasteiger partial charge on any atom is -0.293 e. The van der Waals surface area contributed by atoms with Crippen LogP contribution in [0.5, 0.6) is 0 Å². The lowest BCUT2D eigenvalue weighted by molar-refractivity contribution is -0.157. The molecule has 0 saturated heterocycles. The van der Waals surface area contributed by atoms with Crippen LogP contribution in [-0.2, 0) is 4.84 Å². The van der Waals surface area contributed by atoms with Crippen molar-refractivity contribution in [2.75, 3.05) is 13.8 Å². The molecule has 0 aromatic rings. The molecule has 0 radical (unpaired) electrons. The first-order valence-electron chi connectivity index (χ1n) is 3.05. The second-order valence-corrected chi connectivity index (χ2v) is 2.13. The molecule has 58 valence electrons. The Morgan fingerprint density at radius 2 is 2.30 bits per heavy atom. The maximum atomic E-state index is 7.88. The molecule has 0 amide bonds. The number of azide groups is 1. The van der Waals surface area contributed by atoms with Gasteiger partial charge in [-0.3, -0.25) is 4.84 Å². The van der Waals surface area contributed by atoms with Crippen LogP contribution in [0.25, 0.3) is 10.4 Å².